The number of imidazole rings is 1. The number of nitrogens with zero attached hydrogens (tertiary/aromatic N) is 2. The normalized spacial score (nSPS) is 10.5. The van der Waals surface area contributed by atoms with E-state index < -0.39 is 0 Å². The lowest BCUT2D eigenvalue weighted by Gasteiger charge is -2.01. The molecule has 0 aliphatic carbocycles. The lowest BCUT2D eigenvalue weighted by molar-refractivity contribution is 0.436. The zero-order chi connectivity index (χ0) is 11.0. The Hall–Kier alpha value is -1.97. The van der Waals surface area contributed by atoms with Crippen LogP contribution in [0.1, 0.15) is 5.69 Å². The van der Waals surface area contributed by atoms with E-state index in [9.17, 15) is 9.90 Å². The molecule has 0 aliphatic heterocycles. The van der Waals surface area contributed by atoms with E-state index in [2.05, 4.69) is 0 Å². The van der Waals surface area contributed by atoms with Crippen molar-refractivity contribution < 1.29 is 5.11 Å². The molecule has 0 saturated heterocycles. The van der Waals surface area contributed by atoms with Crippen molar-refractivity contribution in [3.63, 3.8) is 0 Å². The van der Waals surface area contributed by atoms with Gasteiger partial charge < -0.3 is 5.11 Å². The second kappa shape index (κ2) is 3.31. The topological polar surface area (TPSA) is 47.2 Å². The SMILES string of the molecule is Cc1c(O)n(-c2ccccc2)c(=O)n1C. The van der Waals surface area contributed by atoms with E-state index in [1.54, 1.807) is 26.1 Å². The van der Waals surface area contributed by atoms with Gasteiger partial charge in [-0.2, -0.15) is 0 Å². The van der Waals surface area contributed by atoms with Crippen LogP contribution >= 0.6 is 0 Å². The molecule has 0 unspecified atom stereocenters. The predicted molar refractivity (Wildman–Crippen MR) is 57.4 cm³/mol. The second-order valence-corrected chi connectivity index (χ2v) is 3.42. The molecule has 0 radical (unpaired) electrons. The molecule has 0 saturated carbocycles. The van der Waals surface area contributed by atoms with Gasteiger partial charge in [0, 0.05) is 7.05 Å². The van der Waals surface area contributed by atoms with Gasteiger partial charge in [0.25, 0.3) is 0 Å². The molecule has 0 atom stereocenters. The van der Waals surface area contributed by atoms with Gasteiger partial charge in [0.1, 0.15) is 0 Å². The highest BCUT2D eigenvalue weighted by molar-refractivity contribution is 5.37. The lowest BCUT2D eigenvalue weighted by atomic mass is 10.3. The van der Waals surface area contributed by atoms with Crippen molar-refractivity contribution in [3.8, 4) is 11.6 Å². The van der Waals surface area contributed by atoms with Gasteiger partial charge in [0.05, 0.1) is 11.4 Å². The summed E-state index contributed by atoms with van der Waals surface area (Å²) < 4.78 is 2.71. The Morgan fingerprint density at radius 2 is 1.80 bits per heavy atom. The van der Waals surface area contributed by atoms with Crippen molar-refractivity contribution in [2.24, 2.45) is 7.05 Å². The third-order valence-corrected chi connectivity index (χ3v) is 2.53. The molecule has 15 heavy (non-hydrogen) atoms. The number of aromatic hydroxyl groups is 1. The van der Waals surface area contributed by atoms with Gasteiger partial charge in [-0.05, 0) is 19.1 Å². The molecule has 0 fully saturated rings. The zero-order valence-electron chi connectivity index (χ0n) is 8.64. The van der Waals surface area contributed by atoms with Crippen molar-refractivity contribution in [1.82, 2.24) is 9.13 Å². The molecule has 1 aromatic heterocycles. The number of hydrogen-bond acceptors (Lipinski definition) is 2. The average molecular weight is 204 g/mol. The summed E-state index contributed by atoms with van der Waals surface area (Å²) in [5.74, 6) is -0.00583. The monoisotopic (exact) mass is 204 g/mol. The van der Waals surface area contributed by atoms with E-state index in [0.29, 0.717) is 11.4 Å². The minimum absolute atomic E-state index is 0.00583. The van der Waals surface area contributed by atoms with Crippen molar-refractivity contribution in [2.45, 2.75) is 6.92 Å². The van der Waals surface area contributed by atoms with Crippen LogP contribution in [0, 0.1) is 6.92 Å². The van der Waals surface area contributed by atoms with Crippen molar-refractivity contribution in [1.29, 1.82) is 0 Å². The van der Waals surface area contributed by atoms with Crippen LogP contribution in [0.25, 0.3) is 5.69 Å². The first-order chi connectivity index (χ1) is 7.13. The molecule has 1 aromatic carbocycles. The fraction of sp³-hybridized carbons (Fsp3) is 0.182. The highest BCUT2D eigenvalue weighted by atomic mass is 16.3. The third-order valence-electron chi connectivity index (χ3n) is 2.53. The van der Waals surface area contributed by atoms with Crippen LogP contribution in [-0.4, -0.2) is 14.2 Å². The maximum atomic E-state index is 11.8. The van der Waals surface area contributed by atoms with Gasteiger partial charge in [-0.25, -0.2) is 9.36 Å². The van der Waals surface area contributed by atoms with E-state index in [-0.39, 0.29) is 11.6 Å². The number of rotatable bonds is 1. The molecule has 0 bridgehead atoms. The van der Waals surface area contributed by atoms with Crippen LogP contribution in [0.2, 0.25) is 0 Å². The first-order valence-electron chi connectivity index (χ1n) is 4.65. The molecule has 2 rings (SSSR count). The Kier molecular flexibility index (Phi) is 2.11. The molecule has 78 valence electrons. The molecule has 1 heterocycles. The molecular weight excluding hydrogens is 192 g/mol. The highest BCUT2D eigenvalue weighted by Gasteiger charge is 2.14. The van der Waals surface area contributed by atoms with Gasteiger partial charge in [-0.1, -0.05) is 18.2 Å². The highest BCUT2D eigenvalue weighted by Crippen LogP contribution is 2.18. The Balaban J connectivity index is 2.75. The Morgan fingerprint density at radius 3 is 2.27 bits per heavy atom. The summed E-state index contributed by atoms with van der Waals surface area (Å²) in [5.41, 5.74) is 0.990. The summed E-state index contributed by atoms with van der Waals surface area (Å²) in [6.07, 6.45) is 0. The van der Waals surface area contributed by atoms with Gasteiger partial charge >= 0.3 is 5.69 Å². The van der Waals surface area contributed by atoms with Gasteiger partial charge in [-0.3, -0.25) is 4.57 Å². The lowest BCUT2D eigenvalue weighted by Crippen LogP contribution is -2.21. The van der Waals surface area contributed by atoms with E-state index >= 15 is 0 Å². The van der Waals surface area contributed by atoms with Crippen molar-refractivity contribution in [3.05, 3.63) is 46.5 Å². The van der Waals surface area contributed by atoms with Gasteiger partial charge in [0.2, 0.25) is 5.88 Å². The molecule has 0 spiro atoms. The van der Waals surface area contributed by atoms with Crippen LogP contribution in [0.15, 0.2) is 35.1 Å². The largest absolute Gasteiger partial charge is 0.493 e. The third kappa shape index (κ3) is 1.34. The molecular formula is C11H12N2O2. The molecule has 4 heteroatoms. The minimum Gasteiger partial charge on any atom is -0.493 e. The summed E-state index contributed by atoms with van der Waals surface area (Å²) in [4.78, 5) is 11.8. The van der Waals surface area contributed by atoms with Crippen molar-refractivity contribution in [2.75, 3.05) is 0 Å². The van der Waals surface area contributed by atoms with Gasteiger partial charge in [-0.15, -0.1) is 0 Å². The number of benzene rings is 1. The maximum absolute atomic E-state index is 11.8. The van der Waals surface area contributed by atoms with Crippen LogP contribution in [0.4, 0.5) is 0 Å². The molecule has 1 N–H and O–H groups in total. The quantitative estimate of drug-likeness (QED) is 0.758. The average Bonchev–Trinajstić information content (AvgIpc) is 2.45. The smallest absolute Gasteiger partial charge is 0.335 e. The standard InChI is InChI=1S/C11H12N2O2/c1-8-10(14)13(11(15)12(8)2)9-6-4-3-5-7-9/h3-7,14H,1-2H3. The first kappa shape index (κ1) is 9.58. The first-order valence-corrected chi connectivity index (χ1v) is 4.65. The van der Waals surface area contributed by atoms with Crippen LogP contribution in [0.5, 0.6) is 5.88 Å². The van der Waals surface area contributed by atoms with Crippen LogP contribution in [0.3, 0.4) is 0 Å². The number of aromatic nitrogens is 2. The molecule has 2 aromatic rings. The summed E-state index contributed by atoms with van der Waals surface area (Å²) >= 11 is 0. The fourth-order valence-corrected chi connectivity index (χ4v) is 1.51. The summed E-state index contributed by atoms with van der Waals surface area (Å²) in [6.45, 7) is 1.70. The number of para-hydroxylation sites is 1. The fourth-order valence-electron chi connectivity index (χ4n) is 1.51. The summed E-state index contributed by atoms with van der Waals surface area (Å²) in [6, 6.07) is 9.07. The van der Waals surface area contributed by atoms with E-state index in [0.717, 1.165) is 0 Å². The second-order valence-electron chi connectivity index (χ2n) is 3.42. The van der Waals surface area contributed by atoms with E-state index in [1.807, 2.05) is 18.2 Å². The van der Waals surface area contributed by atoms with Crippen molar-refractivity contribution >= 4 is 0 Å². The minimum atomic E-state index is -0.240. The Bertz CT molecular complexity index is 538. The zero-order valence-corrected chi connectivity index (χ0v) is 8.64. The maximum Gasteiger partial charge on any atom is 0.335 e. The Morgan fingerprint density at radius 1 is 1.20 bits per heavy atom. The molecule has 0 amide bonds. The van der Waals surface area contributed by atoms with Gasteiger partial charge in [0.15, 0.2) is 0 Å². The number of hydrogen-bond donors (Lipinski definition) is 1. The molecule has 0 aliphatic rings. The van der Waals surface area contributed by atoms with E-state index in [1.165, 1.54) is 9.13 Å². The molecule has 4 nitrogen and oxygen atoms in total. The predicted octanol–water partition coefficient (Wildman–Crippen LogP) is 1.19. The summed E-state index contributed by atoms with van der Waals surface area (Å²) in [7, 11) is 1.64. The van der Waals surface area contributed by atoms with Crippen LogP contribution < -0.4 is 5.69 Å². The summed E-state index contributed by atoms with van der Waals surface area (Å²) in [5, 5.41) is 9.79. The van der Waals surface area contributed by atoms with Crippen LogP contribution in [-0.2, 0) is 7.05 Å². The van der Waals surface area contributed by atoms with E-state index in [4.69, 9.17) is 0 Å². The Labute approximate surface area is 87.0 Å².